The minimum absolute atomic E-state index is 0.131. The Balaban J connectivity index is 1.72. The summed E-state index contributed by atoms with van der Waals surface area (Å²) in [5, 5.41) is 12.6. The number of ether oxygens (including phenoxy) is 1. The van der Waals surface area contributed by atoms with Crippen molar-refractivity contribution in [2.24, 2.45) is 0 Å². The molecule has 1 N–H and O–H groups in total. The number of nitriles is 1. The Kier molecular flexibility index (Phi) is 5.30. The number of anilines is 1. The standard InChI is InChI=1S/C20H17N3O2S/c1-13-18(11-19(24)23-16-5-3-4-14(10-16)12-21)26-20(22-13)15-6-8-17(25-2)9-7-15/h3-10H,11H2,1-2H3,(H,23,24). The molecule has 0 radical (unpaired) electrons. The highest BCUT2D eigenvalue weighted by molar-refractivity contribution is 7.15. The van der Waals surface area contributed by atoms with Crippen molar-refractivity contribution in [3.63, 3.8) is 0 Å². The van der Waals surface area contributed by atoms with Crippen LogP contribution in [0.2, 0.25) is 0 Å². The van der Waals surface area contributed by atoms with Crippen molar-refractivity contribution >= 4 is 22.9 Å². The lowest BCUT2D eigenvalue weighted by molar-refractivity contribution is -0.115. The first-order valence-corrected chi connectivity index (χ1v) is 8.81. The molecule has 0 atom stereocenters. The van der Waals surface area contributed by atoms with Gasteiger partial charge < -0.3 is 10.1 Å². The van der Waals surface area contributed by atoms with E-state index in [1.165, 1.54) is 11.3 Å². The topological polar surface area (TPSA) is 75.0 Å². The normalized spacial score (nSPS) is 10.2. The molecule has 0 bridgehead atoms. The number of methoxy groups -OCH3 is 1. The maximum atomic E-state index is 12.3. The molecule has 0 saturated carbocycles. The molecule has 0 spiro atoms. The van der Waals surface area contributed by atoms with Crippen LogP contribution in [0.15, 0.2) is 48.5 Å². The molecule has 0 saturated heterocycles. The molecule has 26 heavy (non-hydrogen) atoms. The summed E-state index contributed by atoms with van der Waals surface area (Å²) in [5.74, 6) is 0.661. The number of hydrogen-bond donors (Lipinski definition) is 1. The summed E-state index contributed by atoms with van der Waals surface area (Å²) in [6, 6.07) is 16.6. The highest BCUT2D eigenvalue weighted by atomic mass is 32.1. The van der Waals surface area contributed by atoms with Crippen LogP contribution < -0.4 is 10.1 Å². The third-order valence-electron chi connectivity index (χ3n) is 3.83. The fourth-order valence-corrected chi connectivity index (χ4v) is 3.53. The molecule has 3 rings (SSSR count). The van der Waals surface area contributed by atoms with E-state index >= 15 is 0 Å². The van der Waals surface area contributed by atoms with Crippen molar-refractivity contribution in [2.45, 2.75) is 13.3 Å². The molecular formula is C20H17N3O2S. The number of nitrogens with one attached hydrogen (secondary N) is 1. The van der Waals surface area contributed by atoms with Gasteiger partial charge in [-0.2, -0.15) is 5.26 Å². The summed E-state index contributed by atoms with van der Waals surface area (Å²) in [4.78, 5) is 17.8. The maximum Gasteiger partial charge on any atom is 0.229 e. The second-order valence-corrected chi connectivity index (χ2v) is 6.76. The number of carbonyl (C=O) groups is 1. The molecule has 1 amide bonds. The lowest BCUT2D eigenvalue weighted by Gasteiger charge is -2.04. The van der Waals surface area contributed by atoms with Crippen molar-refractivity contribution in [1.29, 1.82) is 5.26 Å². The molecule has 6 heteroatoms. The highest BCUT2D eigenvalue weighted by Crippen LogP contribution is 2.29. The molecular weight excluding hydrogens is 346 g/mol. The molecule has 3 aromatic rings. The van der Waals surface area contributed by atoms with E-state index in [0.717, 1.165) is 26.9 Å². The maximum absolute atomic E-state index is 12.3. The summed E-state index contributed by atoms with van der Waals surface area (Å²) in [6.45, 7) is 1.91. The van der Waals surface area contributed by atoms with Crippen LogP contribution >= 0.6 is 11.3 Å². The quantitative estimate of drug-likeness (QED) is 0.738. The van der Waals surface area contributed by atoms with Crippen LogP contribution in [0.3, 0.4) is 0 Å². The third-order valence-corrected chi connectivity index (χ3v) is 5.03. The Labute approximate surface area is 155 Å². The Morgan fingerprint density at radius 1 is 1.27 bits per heavy atom. The van der Waals surface area contributed by atoms with Crippen LogP contribution in [0.5, 0.6) is 5.75 Å². The molecule has 0 aliphatic carbocycles. The van der Waals surface area contributed by atoms with Gasteiger partial charge in [0.25, 0.3) is 0 Å². The van der Waals surface area contributed by atoms with Crippen molar-refractivity contribution < 1.29 is 9.53 Å². The lowest BCUT2D eigenvalue weighted by atomic mass is 10.2. The first kappa shape index (κ1) is 17.6. The van der Waals surface area contributed by atoms with Crippen LogP contribution in [0.1, 0.15) is 16.1 Å². The molecule has 0 aliphatic rings. The molecule has 0 fully saturated rings. The summed E-state index contributed by atoms with van der Waals surface area (Å²) in [7, 11) is 1.63. The van der Waals surface area contributed by atoms with Gasteiger partial charge >= 0.3 is 0 Å². The van der Waals surface area contributed by atoms with E-state index in [9.17, 15) is 4.79 Å². The van der Waals surface area contributed by atoms with Gasteiger partial charge in [0.05, 0.1) is 30.9 Å². The summed E-state index contributed by atoms with van der Waals surface area (Å²) in [6.07, 6.45) is 0.246. The summed E-state index contributed by atoms with van der Waals surface area (Å²) < 4.78 is 5.17. The number of thiazole rings is 1. The smallest absolute Gasteiger partial charge is 0.229 e. The number of hydrogen-bond acceptors (Lipinski definition) is 5. The second-order valence-electron chi connectivity index (χ2n) is 5.67. The zero-order chi connectivity index (χ0) is 18.5. The largest absolute Gasteiger partial charge is 0.497 e. The zero-order valence-electron chi connectivity index (χ0n) is 14.4. The summed E-state index contributed by atoms with van der Waals surface area (Å²) in [5.41, 5.74) is 2.97. The minimum Gasteiger partial charge on any atom is -0.497 e. The Hall–Kier alpha value is -3.17. The van der Waals surface area contributed by atoms with Gasteiger partial charge in [-0.15, -0.1) is 11.3 Å². The number of aromatic nitrogens is 1. The average Bonchev–Trinajstić information content (AvgIpc) is 3.02. The van der Waals surface area contributed by atoms with Crippen molar-refractivity contribution in [3.8, 4) is 22.4 Å². The number of rotatable bonds is 5. The number of carbonyl (C=O) groups excluding carboxylic acids is 1. The second kappa shape index (κ2) is 7.81. The van der Waals surface area contributed by atoms with E-state index < -0.39 is 0 Å². The molecule has 0 aliphatic heterocycles. The van der Waals surface area contributed by atoms with Gasteiger partial charge in [-0.1, -0.05) is 6.07 Å². The third kappa shape index (κ3) is 4.08. The minimum atomic E-state index is -0.131. The molecule has 0 unspecified atom stereocenters. The molecule has 5 nitrogen and oxygen atoms in total. The zero-order valence-corrected chi connectivity index (χ0v) is 15.3. The Morgan fingerprint density at radius 2 is 2.04 bits per heavy atom. The van der Waals surface area contributed by atoms with Gasteiger partial charge in [-0.25, -0.2) is 4.98 Å². The predicted molar refractivity (Wildman–Crippen MR) is 102 cm³/mol. The van der Waals surface area contributed by atoms with Gasteiger partial charge in [-0.3, -0.25) is 4.79 Å². The lowest BCUT2D eigenvalue weighted by Crippen LogP contribution is -2.14. The van der Waals surface area contributed by atoms with E-state index in [0.29, 0.717) is 11.3 Å². The van der Waals surface area contributed by atoms with E-state index in [-0.39, 0.29) is 12.3 Å². The fourth-order valence-electron chi connectivity index (χ4n) is 2.47. The van der Waals surface area contributed by atoms with E-state index in [1.54, 1.807) is 31.4 Å². The Morgan fingerprint density at radius 3 is 2.73 bits per heavy atom. The number of amides is 1. The SMILES string of the molecule is COc1ccc(-c2nc(C)c(CC(=O)Nc3cccc(C#N)c3)s2)cc1. The van der Waals surface area contributed by atoms with Crippen LogP contribution in [-0.4, -0.2) is 18.0 Å². The van der Waals surface area contributed by atoms with Crippen LogP contribution in [0.4, 0.5) is 5.69 Å². The molecule has 1 heterocycles. The van der Waals surface area contributed by atoms with E-state index in [4.69, 9.17) is 10.00 Å². The first-order valence-electron chi connectivity index (χ1n) is 8.00. The fraction of sp³-hybridized carbons (Fsp3) is 0.150. The average molecular weight is 363 g/mol. The van der Waals surface area contributed by atoms with Crippen molar-refractivity contribution in [3.05, 3.63) is 64.7 Å². The van der Waals surface area contributed by atoms with Crippen molar-refractivity contribution in [2.75, 3.05) is 12.4 Å². The first-order chi connectivity index (χ1) is 12.6. The van der Waals surface area contributed by atoms with Crippen LogP contribution in [-0.2, 0) is 11.2 Å². The van der Waals surface area contributed by atoms with E-state index in [2.05, 4.69) is 16.4 Å². The van der Waals surface area contributed by atoms with Gasteiger partial charge in [0.15, 0.2) is 0 Å². The van der Waals surface area contributed by atoms with E-state index in [1.807, 2.05) is 31.2 Å². The number of nitrogens with zero attached hydrogens (tertiary/aromatic N) is 2. The number of benzene rings is 2. The van der Waals surface area contributed by atoms with Gasteiger partial charge in [0.1, 0.15) is 10.8 Å². The van der Waals surface area contributed by atoms with Crippen LogP contribution in [0, 0.1) is 18.3 Å². The number of aryl methyl sites for hydroxylation is 1. The van der Waals surface area contributed by atoms with Crippen LogP contribution in [0.25, 0.3) is 10.6 Å². The molecule has 1 aromatic heterocycles. The van der Waals surface area contributed by atoms with Gasteiger partial charge in [-0.05, 0) is 49.4 Å². The monoisotopic (exact) mass is 363 g/mol. The Bertz CT molecular complexity index is 971. The summed E-state index contributed by atoms with van der Waals surface area (Å²) >= 11 is 1.51. The highest BCUT2D eigenvalue weighted by Gasteiger charge is 2.13. The van der Waals surface area contributed by atoms with Gasteiger partial charge in [0.2, 0.25) is 5.91 Å². The molecule has 130 valence electrons. The van der Waals surface area contributed by atoms with Gasteiger partial charge in [0, 0.05) is 16.1 Å². The van der Waals surface area contributed by atoms with Crippen molar-refractivity contribution in [1.82, 2.24) is 4.98 Å². The molecule has 2 aromatic carbocycles. The predicted octanol–water partition coefficient (Wildman–Crippen LogP) is 4.18.